The van der Waals surface area contributed by atoms with E-state index in [-0.39, 0.29) is 6.07 Å². The first-order chi connectivity index (χ1) is 14.3. The number of rotatable bonds is 4. The third kappa shape index (κ3) is 6.72. The monoisotopic (exact) mass is 485 g/mol. The van der Waals surface area contributed by atoms with E-state index in [9.17, 15) is 35.7 Å². The molecule has 176 valence electrons. The van der Waals surface area contributed by atoms with Crippen molar-refractivity contribution in [3.8, 4) is 5.75 Å². The van der Waals surface area contributed by atoms with Crippen LogP contribution in [0.25, 0.3) is 0 Å². The molecule has 3 N–H and O–H groups in total. The molecular weight excluding hydrogens is 467 g/mol. The van der Waals surface area contributed by atoms with Crippen LogP contribution in [0.3, 0.4) is 0 Å². The number of alkyl halides is 6. The van der Waals surface area contributed by atoms with Gasteiger partial charge in [0.15, 0.2) is 0 Å². The van der Waals surface area contributed by atoms with Crippen LogP contribution in [-0.2, 0) is 22.3 Å². The molecular formula is C19H18F6NO5P. The zero-order chi connectivity index (χ0) is 24.7. The lowest BCUT2D eigenvalue weighted by molar-refractivity contribution is -0.143. The Morgan fingerprint density at radius 3 is 1.78 bits per heavy atom. The maximum atomic E-state index is 13.0. The Hall–Kier alpha value is -2.56. The molecule has 0 heterocycles. The highest BCUT2D eigenvalue weighted by molar-refractivity contribution is 7.46. The number of benzene rings is 2. The second-order valence-corrected chi connectivity index (χ2v) is 8.96. The predicted octanol–water partition coefficient (Wildman–Crippen LogP) is 5.75. The first kappa shape index (κ1) is 25.7. The molecule has 0 aliphatic heterocycles. The number of carbonyl (C=O) groups is 1. The molecule has 13 heteroatoms. The maximum absolute atomic E-state index is 13.0. The first-order valence-electron chi connectivity index (χ1n) is 8.78. The summed E-state index contributed by atoms with van der Waals surface area (Å²) in [6, 6.07) is 4.18. The van der Waals surface area contributed by atoms with Crippen LogP contribution >= 0.6 is 7.82 Å². The largest absolute Gasteiger partial charge is 0.524 e. The standard InChI is InChI=1S/C19H18F6NO5P/c1-17(2,3)10-4-5-15(31-32(28,29)30)14(9-10)16(27)26-13-7-11(18(20,21)22)6-12(8-13)19(23,24)25/h4-9H,1-3H3,(H,26,27)(H2,28,29,30). The Balaban J connectivity index is 2.57. The van der Waals surface area contributed by atoms with Gasteiger partial charge < -0.3 is 9.84 Å². The molecule has 0 atom stereocenters. The summed E-state index contributed by atoms with van der Waals surface area (Å²) in [5.74, 6) is -1.83. The second-order valence-electron chi connectivity index (χ2n) is 7.79. The number of anilines is 1. The van der Waals surface area contributed by atoms with Gasteiger partial charge in [0, 0.05) is 5.69 Å². The molecule has 0 aromatic heterocycles. The highest BCUT2D eigenvalue weighted by atomic mass is 31.2. The highest BCUT2D eigenvalue weighted by Crippen LogP contribution is 2.41. The molecule has 0 aliphatic carbocycles. The molecule has 0 radical (unpaired) electrons. The van der Waals surface area contributed by atoms with Crippen molar-refractivity contribution in [2.45, 2.75) is 38.5 Å². The molecule has 2 aromatic carbocycles. The van der Waals surface area contributed by atoms with Crippen LogP contribution in [0.5, 0.6) is 5.75 Å². The predicted molar refractivity (Wildman–Crippen MR) is 102 cm³/mol. The molecule has 2 aromatic rings. The second kappa shape index (κ2) is 8.42. The van der Waals surface area contributed by atoms with Crippen molar-refractivity contribution in [3.05, 3.63) is 58.7 Å². The summed E-state index contributed by atoms with van der Waals surface area (Å²) in [6.45, 7) is 5.24. The zero-order valence-corrected chi connectivity index (χ0v) is 17.7. The van der Waals surface area contributed by atoms with Crippen LogP contribution < -0.4 is 9.84 Å². The molecule has 32 heavy (non-hydrogen) atoms. The highest BCUT2D eigenvalue weighted by Gasteiger charge is 2.37. The third-order valence-corrected chi connectivity index (χ3v) is 4.59. The zero-order valence-electron chi connectivity index (χ0n) is 16.8. The molecule has 0 fully saturated rings. The van der Waals surface area contributed by atoms with Gasteiger partial charge in [-0.15, -0.1) is 0 Å². The van der Waals surface area contributed by atoms with Crippen LogP contribution in [0.4, 0.5) is 32.0 Å². The van der Waals surface area contributed by atoms with Gasteiger partial charge in [-0.05, 0) is 41.3 Å². The molecule has 2 rings (SSSR count). The molecule has 0 aliphatic rings. The fourth-order valence-electron chi connectivity index (χ4n) is 2.61. The lowest BCUT2D eigenvalue weighted by Gasteiger charge is -2.21. The number of phosphoric ester groups is 1. The molecule has 1 amide bonds. The number of hydrogen-bond donors (Lipinski definition) is 3. The van der Waals surface area contributed by atoms with E-state index >= 15 is 0 Å². The fraction of sp³-hybridized carbons (Fsp3) is 0.316. The number of halogens is 6. The van der Waals surface area contributed by atoms with E-state index in [1.54, 1.807) is 20.8 Å². The van der Waals surface area contributed by atoms with Crippen molar-refractivity contribution < 1.29 is 50.0 Å². The summed E-state index contributed by atoms with van der Waals surface area (Å²) in [7, 11) is -5.13. The van der Waals surface area contributed by atoms with Crippen molar-refractivity contribution in [1.82, 2.24) is 0 Å². The molecule has 0 bridgehead atoms. The molecule has 0 spiro atoms. The lowest BCUT2D eigenvalue weighted by Crippen LogP contribution is -2.18. The summed E-state index contributed by atoms with van der Waals surface area (Å²) >= 11 is 0. The maximum Gasteiger partial charge on any atom is 0.524 e. The normalized spacial score (nSPS) is 13.1. The Morgan fingerprint density at radius 1 is 0.875 bits per heavy atom. The van der Waals surface area contributed by atoms with Crippen molar-refractivity contribution >= 4 is 19.4 Å². The van der Waals surface area contributed by atoms with Crippen LogP contribution in [-0.4, -0.2) is 15.7 Å². The summed E-state index contributed by atoms with van der Waals surface area (Å²) in [6.07, 6.45) is -10.2. The summed E-state index contributed by atoms with van der Waals surface area (Å²) in [5.41, 5.74) is -4.67. The fourth-order valence-corrected chi connectivity index (χ4v) is 3.02. The first-order valence-corrected chi connectivity index (χ1v) is 10.3. The van der Waals surface area contributed by atoms with Crippen LogP contribution in [0, 0.1) is 0 Å². The number of amides is 1. The quantitative estimate of drug-likeness (QED) is 0.379. The summed E-state index contributed by atoms with van der Waals surface area (Å²) < 4.78 is 93.9. The Morgan fingerprint density at radius 2 is 1.38 bits per heavy atom. The minimum absolute atomic E-state index is 0.0990. The van der Waals surface area contributed by atoms with Crippen molar-refractivity contribution in [2.75, 3.05) is 5.32 Å². The van der Waals surface area contributed by atoms with Gasteiger partial charge in [0.05, 0.1) is 16.7 Å². The number of nitrogens with one attached hydrogen (secondary N) is 1. The van der Waals surface area contributed by atoms with Crippen LogP contribution in [0.15, 0.2) is 36.4 Å². The lowest BCUT2D eigenvalue weighted by atomic mass is 9.86. The van der Waals surface area contributed by atoms with E-state index in [1.807, 2.05) is 5.32 Å². The van der Waals surface area contributed by atoms with Gasteiger partial charge in [-0.1, -0.05) is 26.8 Å². The van der Waals surface area contributed by atoms with E-state index in [0.29, 0.717) is 17.7 Å². The van der Waals surface area contributed by atoms with Gasteiger partial charge in [-0.3, -0.25) is 14.6 Å². The van der Waals surface area contributed by atoms with Crippen LogP contribution in [0.1, 0.15) is 47.8 Å². The average molecular weight is 485 g/mol. The smallest absolute Gasteiger partial charge is 0.403 e. The van der Waals surface area contributed by atoms with Gasteiger partial charge in [0.2, 0.25) is 0 Å². The van der Waals surface area contributed by atoms with Crippen molar-refractivity contribution in [1.29, 1.82) is 0 Å². The van der Waals surface area contributed by atoms with Gasteiger partial charge in [-0.2, -0.15) is 26.3 Å². The van der Waals surface area contributed by atoms with E-state index in [4.69, 9.17) is 9.79 Å². The Labute approximate surface area is 178 Å². The van der Waals surface area contributed by atoms with Gasteiger partial charge in [-0.25, -0.2) is 4.57 Å². The van der Waals surface area contributed by atoms with Gasteiger partial charge >= 0.3 is 20.2 Å². The van der Waals surface area contributed by atoms with E-state index < -0.39 is 59.6 Å². The summed E-state index contributed by atoms with van der Waals surface area (Å²) in [5, 5.41) is 1.92. The van der Waals surface area contributed by atoms with E-state index in [2.05, 4.69) is 4.52 Å². The average Bonchev–Trinajstić information content (AvgIpc) is 2.57. The Kier molecular flexibility index (Phi) is 6.76. The van der Waals surface area contributed by atoms with E-state index in [0.717, 1.165) is 6.07 Å². The van der Waals surface area contributed by atoms with Gasteiger partial charge in [0.25, 0.3) is 5.91 Å². The van der Waals surface area contributed by atoms with Crippen LogP contribution in [0.2, 0.25) is 0 Å². The number of carbonyl (C=O) groups excluding carboxylic acids is 1. The van der Waals surface area contributed by atoms with Crippen molar-refractivity contribution in [3.63, 3.8) is 0 Å². The number of hydrogen-bond acceptors (Lipinski definition) is 3. The Bertz CT molecular complexity index is 1040. The molecule has 6 nitrogen and oxygen atoms in total. The van der Waals surface area contributed by atoms with Gasteiger partial charge in [0.1, 0.15) is 5.75 Å². The SMILES string of the molecule is CC(C)(C)c1ccc(OP(=O)(O)O)c(C(=O)Nc2cc(C(F)(F)F)cc(C(F)(F)F)c2)c1. The van der Waals surface area contributed by atoms with E-state index in [1.165, 1.54) is 12.1 Å². The minimum Gasteiger partial charge on any atom is -0.403 e. The summed E-state index contributed by atoms with van der Waals surface area (Å²) in [4.78, 5) is 30.8. The molecule has 0 unspecified atom stereocenters. The van der Waals surface area contributed by atoms with Crippen molar-refractivity contribution in [2.24, 2.45) is 0 Å². The minimum atomic E-state index is -5.13. The third-order valence-electron chi connectivity index (χ3n) is 4.15. The topological polar surface area (TPSA) is 95.9 Å². The molecule has 0 saturated carbocycles. The molecule has 0 saturated heterocycles. The number of phosphoric acid groups is 1.